The molecule has 2 N–H and O–H groups in total. The second kappa shape index (κ2) is 8.43. The number of ether oxygens (including phenoxy) is 1. The Bertz CT molecular complexity index is 1120. The lowest BCUT2D eigenvalue weighted by molar-refractivity contribution is -0.137. The van der Waals surface area contributed by atoms with Gasteiger partial charge in [0.1, 0.15) is 17.9 Å². The minimum atomic E-state index is -4.56. The predicted octanol–water partition coefficient (Wildman–Crippen LogP) is 6.03. The second-order valence-electron chi connectivity index (χ2n) is 6.95. The van der Waals surface area contributed by atoms with Crippen molar-refractivity contribution in [3.63, 3.8) is 0 Å². The summed E-state index contributed by atoms with van der Waals surface area (Å²) in [6.07, 6.45) is -1.54. The van der Waals surface area contributed by atoms with Gasteiger partial charge in [-0.3, -0.25) is 4.79 Å². The number of amides is 1. The monoisotopic (exact) mass is 448 g/mol. The maximum absolute atomic E-state index is 13.1. The summed E-state index contributed by atoms with van der Waals surface area (Å²) in [5, 5.41) is 5.24. The molecule has 1 saturated carbocycles. The van der Waals surface area contributed by atoms with Crippen molar-refractivity contribution in [2.45, 2.75) is 19.0 Å². The molecule has 1 amide bonds. The molecule has 0 aliphatic heterocycles. The number of carbonyl (C=O) groups is 1. The first-order valence-corrected chi connectivity index (χ1v) is 9.70. The molecule has 10 heteroatoms. The van der Waals surface area contributed by atoms with Gasteiger partial charge in [0.2, 0.25) is 11.8 Å². The molecule has 1 fully saturated rings. The molecule has 1 heterocycles. The maximum atomic E-state index is 13.1. The molecule has 31 heavy (non-hydrogen) atoms. The van der Waals surface area contributed by atoms with Crippen LogP contribution in [-0.2, 0) is 11.0 Å². The molecule has 1 aliphatic carbocycles. The van der Waals surface area contributed by atoms with Crippen molar-refractivity contribution < 1.29 is 22.7 Å². The van der Waals surface area contributed by atoms with Gasteiger partial charge in [-0.25, -0.2) is 9.97 Å². The van der Waals surface area contributed by atoms with E-state index < -0.39 is 11.7 Å². The van der Waals surface area contributed by atoms with Crippen LogP contribution in [0.1, 0.15) is 18.4 Å². The molecule has 1 aromatic heterocycles. The predicted molar refractivity (Wildman–Crippen MR) is 110 cm³/mol. The number of hydrogen-bond donors (Lipinski definition) is 2. The zero-order valence-electron chi connectivity index (χ0n) is 15.9. The van der Waals surface area contributed by atoms with Crippen molar-refractivity contribution in [1.29, 1.82) is 0 Å². The molecular formula is C21H16ClF3N4O2. The zero-order chi connectivity index (χ0) is 22.0. The van der Waals surface area contributed by atoms with Crippen LogP contribution in [0.5, 0.6) is 11.6 Å². The summed E-state index contributed by atoms with van der Waals surface area (Å²) < 4.78 is 44.9. The van der Waals surface area contributed by atoms with E-state index in [4.69, 9.17) is 16.3 Å². The number of halogens is 4. The molecule has 0 atom stereocenters. The summed E-state index contributed by atoms with van der Waals surface area (Å²) in [6.45, 7) is 0. The van der Waals surface area contributed by atoms with Gasteiger partial charge in [-0.05, 0) is 43.2 Å². The van der Waals surface area contributed by atoms with E-state index in [9.17, 15) is 18.0 Å². The molecule has 0 saturated heterocycles. The van der Waals surface area contributed by atoms with E-state index >= 15 is 0 Å². The Morgan fingerprint density at radius 2 is 1.84 bits per heavy atom. The smallest absolute Gasteiger partial charge is 0.417 e. The molecule has 3 aromatic rings. The van der Waals surface area contributed by atoms with Crippen molar-refractivity contribution in [2.24, 2.45) is 5.92 Å². The van der Waals surface area contributed by atoms with Gasteiger partial charge in [-0.2, -0.15) is 13.2 Å². The Hall–Kier alpha value is -3.33. The van der Waals surface area contributed by atoms with Gasteiger partial charge in [-0.15, -0.1) is 0 Å². The Morgan fingerprint density at radius 3 is 2.58 bits per heavy atom. The van der Waals surface area contributed by atoms with E-state index in [0.29, 0.717) is 17.3 Å². The van der Waals surface area contributed by atoms with E-state index in [-0.39, 0.29) is 28.4 Å². The lowest BCUT2D eigenvalue weighted by Crippen LogP contribution is -2.14. The second-order valence-corrected chi connectivity index (χ2v) is 7.36. The van der Waals surface area contributed by atoms with Crippen molar-refractivity contribution >= 4 is 34.7 Å². The summed E-state index contributed by atoms with van der Waals surface area (Å²) >= 11 is 5.66. The number of carbonyl (C=O) groups excluding carboxylic acids is 1. The summed E-state index contributed by atoms with van der Waals surface area (Å²) in [5.74, 6) is 0.888. The van der Waals surface area contributed by atoms with Gasteiger partial charge >= 0.3 is 6.18 Å². The van der Waals surface area contributed by atoms with Crippen LogP contribution in [0.15, 0.2) is 54.9 Å². The van der Waals surface area contributed by atoms with Gasteiger partial charge in [0.15, 0.2) is 0 Å². The highest BCUT2D eigenvalue weighted by Gasteiger charge is 2.33. The first kappa shape index (κ1) is 20.9. The lowest BCUT2D eigenvalue weighted by atomic mass is 10.2. The average molecular weight is 449 g/mol. The largest absolute Gasteiger partial charge is 0.439 e. The van der Waals surface area contributed by atoms with Crippen molar-refractivity contribution in [2.75, 3.05) is 10.6 Å². The summed E-state index contributed by atoms with van der Waals surface area (Å²) in [4.78, 5) is 19.9. The van der Waals surface area contributed by atoms with E-state index in [2.05, 4.69) is 20.6 Å². The molecule has 0 spiro atoms. The summed E-state index contributed by atoms with van der Waals surface area (Å²) in [7, 11) is 0. The van der Waals surface area contributed by atoms with Gasteiger partial charge in [0.25, 0.3) is 0 Å². The highest BCUT2D eigenvalue weighted by Crippen LogP contribution is 2.37. The SMILES string of the molecule is O=C(Nc1cc(Oc2cccc(Nc3ccc(Cl)c(C(F)(F)F)c3)c2)ncn1)C1CC1. The lowest BCUT2D eigenvalue weighted by Gasteiger charge is -2.13. The van der Waals surface area contributed by atoms with Crippen LogP contribution >= 0.6 is 11.6 Å². The molecule has 6 nitrogen and oxygen atoms in total. The van der Waals surface area contributed by atoms with Gasteiger partial charge < -0.3 is 15.4 Å². The molecule has 1 aliphatic rings. The maximum Gasteiger partial charge on any atom is 0.417 e. The Morgan fingerprint density at radius 1 is 1.06 bits per heavy atom. The molecule has 0 unspecified atom stereocenters. The number of hydrogen-bond acceptors (Lipinski definition) is 5. The van der Waals surface area contributed by atoms with Crippen LogP contribution in [0.4, 0.5) is 30.4 Å². The molecule has 0 radical (unpaired) electrons. The molecule has 4 rings (SSSR count). The summed E-state index contributed by atoms with van der Waals surface area (Å²) in [6, 6.07) is 11.7. The standard InChI is InChI=1S/C21H16ClF3N4O2/c22-17-7-6-14(9-16(17)21(23,24)25)28-13-2-1-3-15(8-13)31-19-10-18(26-11-27-19)29-20(30)12-4-5-12/h1-3,6-12,28H,4-5H2,(H,26,27,29,30). The van der Waals surface area contributed by atoms with E-state index in [0.717, 1.165) is 18.9 Å². The topological polar surface area (TPSA) is 76.1 Å². The zero-order valence-corrected chi connectivity index (χ0v) is 16.7. The fraction of sp³-hybridized carbons (Fsp3) is 0.190. The number of rotatable bonds is 6. The fourth-order valence-electron chi connectivity index (χ4n) is 2.78. The molecule has 2 aromatic carbocycles. The third kappa shape index (κ3) is 5.43. The molecule has 0 bridgehead atoms. The fourth-order valence-corrected chi connectivity index (χ4v) is 3.01. The molecular weight excluding hydrogens is 433 g/mol. The Labute approximate surface area is 180 Å². The van der Waals surface area contributed by atoms with E-state index in [1.165, 1.54) is 24.5 Å². The minimum absolute atomic E-state index is 0.0350. The minimum Gasteiger partial charge on any atom is -0.439 e. The van der Waals surface area contributed by atoms with Crippen LogP contribution in [0.3, 0.4) is 0 Å². The number of alkyl halides is 3. The number of nitrogens with zero attached hydrogens (tertiary/aromatic N) is 2. The van der Waals surface area contributed by atoms with Gasteiger partial charge in [0, 0.05) is 29.4 Å². The first-order chi connectivity index (χ1) is 14.8. The quantitative estimate of drug-likeness (QED) is 0.481. The van der Waals surface area contributed by atoms with Gasteiger partial charge in [-0.1, -0.05) is 17.7 Å². The normalized spacial score (nSPS) is 13.5. The van der Waals surface area contributed by atoms with Crippen LogP contribution < -0.4 is 15.4 Å². The van der Waals surface area contributed by atoms with Crippen molar-refractivity contribution in [3.05, 3.63) is 65.4 Å². The Balaban J connectivity index is 1.47. The van der Waals surface area contributed by atoms with E-state index in [1.54, 1.807) is 24.3 Å². The highest BCUT2D eigenvalue weighted by atomic mass is 35.5. The number of nitrogens with one attached hydrogen (secondary N) is 2. The number of benzene rings is 2. The van der Waals surface area contributed by atoms with Gasteiger partial charge in [0.05, 0.1) is 10.6 Å². The van der Waals surface area contributed by atoms with Crippen LogP contribution in [0, 0.1) is 5.92 Å². The van der Waals surface area contributed by atoms with Crippen LogP contribution in [-0.4, -0.2) is 15.9 Å². The third-order valence-electron chi connectivity index (χ3n) is 4.46. The number of aromatic nitrogens is 2. The average Bonchev–Trinajstić information content (AvgIpc) is 3.55. The van der Waals surface area contributed by atoms with Crippen LogP contribution in [0.2, 0.25) is 5.02 Å². The highest BCUT2D eigenvalue weighted by molar-refractivity contribution is 6.31. The summed E-state index contributed by atoms with van der Waals surface area (Å²) in [5.41, 5.74) is -0.196. The first-order valence-electron chi connectivity index (χ1n) is 9.32. The van der Waals surface area contributed by atoms with Crippen molar-refractivity contribution in [1.82, 2.24) is 9.97 Å². The van der Waals surface area contributed by atoms with Crippen LogP contribution in [0.25, 0.3) is 0 Å². The van der Waals surface area contributed by atoms with Crippen molar-refractivity contribution in [3.8, 4) is 11.6 Å². The third-order valence-corrected chi connectivity index (χ3v) is 4.79. The van der Waals surface area contributed by atoms with E-state index in [1.807, 2.05) is 0 Å². The Kier molecular flexibility index (Phi) is 5.69. The molecule has 160 valence electrons. The number of anilines is 3.